The highest BCUT2D eigenvalue weighted by Gasteiger charge is 2.33. The van der Waals surface area contributed by atoms with Gasteiger partial charge in [0.1, 0.15) is 11.4 Å². The van der Waals surface area contributed by atoms with Gasteiger partial charge in [0, 0.05) is 25.9 Å². The molecule has 0 aliphatic carbocycles. The molecular formula is C18H35N4+. The van der Waals surface area contributed by atoms with Gasteiger partial charge in [0.2, 0.25) is 5.84 Å². The van der Waals surface area contributed by atoms with Crippen LogP contribution in [0.5, 0.6) is 0 Å². The maximum atomic E-state index is 4.89. The highest BCUT2D eigenvalue weighted by molar-refractivity contribution is 5.95. The number of hydrogen-bond donors (Lipinski definition) is 1. The second kappa shape index (κ2) is 7.30. The first kappa shape index (κ1) is 18.7. The number of aliphatic imine (C=N–C) groups is 1. The van der Waals surface area contributed by atoms with Gasteiger partial charge in [-0.15, -0.1) is 0 Å². The van der Waals surface area contributed by atoms with Crippen LogP contribution < -0.4 is 9.88 Å². The van der Waals surface area contributed by atoms with E-state index in [1.54, 1.807) is 0 Å². The number of rotatable bonds is 5. The van der Waals surface area contributed by atoms with Crippen molar-refractivity contribution in [2.45, 2.75) is 93.4 Å². The Labute approximate surface area is 136 Å². The fourth-order valence-electron chi connectivity index (χ4n) is 2.97. The molecule has 1 aromatic rings. The van der Waals surface area contributed by atoms with Crippen LogP contribution in [-0.2, 0) is 0 Å². The summed E-state index contributed by atoms with van der Waals surface area (Å²) in [6, 6.07) is 1.42. The Bertz CT molecular complexity index is 502. The van der Waals surface area contributed by atoms with Crippen molar-refractivity contribution in [1.82, 2.24) is 9.88 Å². The molecule has 0 aromatic carbocycles. The molecule has 0 saturated heterocycles. The third-order valence-corrected chi connectivity index (χ3v) is 3.76. The molecule has 1 aromatic heterocycles. The maximum absolute atomic E-state index is 4.89. The molecule has 4 heteroatoms. The van der Waals surface area contributed by atoms with Crippen molar-refractivity contribution in [3.05, 3.63) is 17.2 Å². The monoisotopic (exact) mass is 307 g/mol. The van der Waals surface area contributed by atoms with Crippen molar-refractivity contribution in [2.24, 2.45) is 4.99 Å². The molecule has 0 amide bonds. The molecule has 0 unspecified atom stereocenters. The summed E-state index contributed by atoms with van der Waals surface area (Å²) in [7, 11) is 0. The van der Waals surface area contributed by atoms with Gasteiger partial charge in [-0.2, -0.15) is 0 Å². The van der Waals surface area contributed by atoms with E-state index in [1.165, 1.54) is 17.2 Å². The minimum absolute atomic E-state index is 0.262. The standard InChI is InChI=1S/C18H35N4/c1-11(2)19-17(20-12(3)4)18-21(13(5)6)15(9)16(10)22(18)14(7)8/h11-14H,1-10H3,(H,19,20)/q+1. The van der Waals surface area contributed by atoms with Crippen LogP contribution in [0.25, 0.3) is 0 Å². The number of amidine groups is 1. The first-order valence-electron chi connectivity index (χ1n) is 8.55. The van der Waals surface area contributed by atoms with Crippen LogP contribution >= 0.6 is 0 Å². The van der Waals surface area contributed by atoms with Gasteiger partial charge in [-0.25, -0.2) is 9.13 Å². The summed E-state index contributed by atoms with van der Waals surface area (Å²) < 4.78 is 4.82. The lowest BCUT2D eigenvalue weighted by Crippen LogP contribution is -2.48. The third kappa shape index (κ3) is 3.90. The second-order valence-electron chi connectivity index (χ2n) is 7.29. The number of hydrogen-bond acceptors (Lipinski definition) is 1. The third-order valence-electron chi connectivity index (χ3n) is 3.76. The zero-order valence-electron chi connectivity index (χ0n) is 16.2. The van der Waals surface area contributed by atoms with Crippen molar-refractivity contribution < 1.29 is 4.57 Å². The summed E-state index contributed by atoms with van der Waals surface area (Å²) in [5.41, 5.74) is 2.64. The molecule has 0 saturated carbocycles. The van der Waals surface area contributed by atoms with Crippen LogP contribution in [0.3, 0.4) is 0 Å². The van der Waals surface area contributed by atoms with Crippen molar-refractivity contribution in [3.8, 4) is 0 Å². The van der Waals surface area contributed by atoms with E-state index in [0.29, 0.717) is 18.1 Å². The molecule has 1 heterocycles. The molecule has 0 aliphatic rings. The van der Waals surface area contributed by atoms with Gasteiger partial charge in [-0.3, -0.25) is 4.99 Å². The number of nitrogens with one attached hydrogen (secondary N) is 1. The molecule has 0 bridgehead atoms. The molecule has 1 rings (SSSR count). The lowest BCUT2D eigenvalue weighted by molar-refractivity contribution is -0.722. The Kier molecular flexibility index (Phi) is 6.21. The second-order valence-corrected chi connectivity index (χ2v) is 7.29. The predicted octanol–water partition coefficient (Wildman–Crippen LogP) is 3.71. The Hall–Kier alpha value is -1.32. The summed E-state index contributed by atoms with van der Waals surface area (Å²) >= 11 is 0. The summed E-state index contributed by atoms with van der Waals surface area (Å²) in [5.74, 6) is 2.20. The average molecular weight is 308 g/mol. The molecular weight excluding hydrogens is 272 g/mol. The van der Waals surface area contributed by atoms with E-state index in [2.05, 4.69) is 83.7 Å². The highest BCUT2D eigenvalue weighted by atomic mass is 15.2. The lowest BCUT2D eigenvalue weighted by Gasteiger charge is -2.16. The quantitative estimate of drug-likeness (QED) is 0.502. The summed E-state index contributed by atoms with van der Waals surface area (Å²) in [6.07, 6.45) is 0. The summed E-state index contributed by atoms with van der Waals surface area (Å²) in [5, 5.41) is 3.57. The first-order chi connectivity index (χ1) is 10.1. The van der Waals surface area contributed by atoms with Crippen LogP contribution in [0.2, 0.25) is 0 Å². The Morgan fingerprint density at radius 3 is 1.91 bits per heavy atom. The molecule has 0 fully saturated rings. The number of aromatic nitrogens is 2. The van der Waals surface area contributed by atoms with E-state index in [1.807, 2.05) is 0 Å². The Balaban J connectivity index is 3.69. The SMILES string of the molecule is Cc1c(C)[n+](C(C)C)c(C(=NC(C)C)NC(C)C)n1C(C)C. The van der Waals surface area contributed by atoms with Gasteiger partial charge in [0.15, 0.2) is 0 Å². The van der Waals surface area contributed by atoms with Gasteiger partial charge >= 0.3 is 5.82 Å². The maximum Gasteiger partial charge on any atom is 0.325 e. The van der Waals surface area contributed by atoms with Crippen molar-refractivity contribution in [2.75, 3.05) is 0 Å². The van der Waals surface area contributed by atoms with Crippen LogP contribution in [-0.4, -0.2) is 22.5 Å². The van der Waals surface area contributed by atoms with Crippen LogP contribution in [0.4, 0.5) is 0 Å². The van der Waals surface area contributed by atoms with Crippen molar-refractivity contribution in [1.29, 1.82) is 0 Å². The van der Waals surface area contributed by atoms with E-state index in [0.717, 1.165) is 5.84 Å². The minimum atomic E-state index is 0.262. The summed E-state index contributed by atoms with van der Waals surface area (Å²) in [4.78, 5) is 4.89. The van der Waals surface area contributed by atoms with Crippen molar-refractivity contribution >= 4 is 5.84 Å². The number of nitrogens with zero attached hydrogens (tertiary/aromatic N) is 3. The minimum Gasteiger partial charge on any atom is -0.361 e. The van der Waals surface area contributed by atoms with E-state index >= 15 is 0 Å². The molecule has 126 valence electrons. The van der Waals surface area contributed by atoms with Gasteiger partial charge < -0.3 is 5.32 Å². The number of imidazole rings is 1. The van der Waals surface area contributed by atoms with Gasteiger partial charge in [0.25, 0.3) is 0 Å². The summed E-state index contributed by atoms with van der Waals surface area (Å²) in [6.45, 7) is 22.0. The molecule has 0 radical (unpaired) electrons. The zero-order valence-corrected chi connectivity index (χ0v) is 16.2. The topological polar surface area (TPSA) is 33.2 Å². The van der Waals surface area contributed by atoms with Crippen molar-refractivity contribution in [3.63, 3.8) is 0 Å². The average Bonchev–Trinajstić information content (AvgIpc) is 2.60. The fraction of sp³-hybridized carbons (Fsp3) is 0.778. The van der Waals surface area contributed by atoms with E-state index < -0.39 is 0 Å². The molecule has 22 heavy (non-hydrogen) atoms. The Morgan fingerprint density at radius 1 is 1.00 bits per heavy atom. The van der Waals surface area contributed by atoms with E-state index in [4.69, 9.17) is 4.99 Å². The zero-order chi connectivity index (χ0) is 17.2. The van der Waals surface area contributed by atoms with Gasteiger partial charge in [0.05, 0.1) is 12.1 Å². The van der Waals surface area contributed by atoms with Gasteiger partial charge in [-0.1, -0.05) is 0 Å². The molecule has 1 N–H and O–H groups in total. The van der Waals surface area contributed by atoms with E-state index in [9.17, 15) is 0 Å². The normalized spacial score (nSPS) is 13.1. The van der Waals surface area contributed by atoms with Crippen LogP contribution in [0, 0.1) is 13.8 Å². The molecule has 0 atom stereocenters. The van der Waals surface area contributed by atoms with Gasteiger partial charge in [-0.05, 0) is 55.4 Å². The smallest absolute Gasteiger partial charge is 0.325 e. The first-order valence-corrected chi connectivity index (χ1v) is 8.55. The Morgan fingerprint density at radius 2 is 1.55 bits per heavy atom. The lowest BCUT2D eigenvalue weighted by atomic mass is 10.3. The predicted molar refractivity (Wildman–Crippen MR) is 94.8 cm³/mol. The molecule has 0 spiro atoms. The fourth-order valence-corrected chi connectivity index (χ4v) is 2.97. The van der Waals surface area contributed by atoms with E-state index in [-0.39, 0.29) is 6.04 Å². The largest absolute Gasteiger partial charge is 0.361 e. The highest BCUT2D eigenvalue weighted by Crippen LogP contribution is 2.18. The molecule has 4 nitrogen and oxygen atoms in total. The van der Waals surface area contributed by atoms with Crippen LogP contribution in [0.1, 0.15) is 84.7 Å². The molecule has 0 aliphatic heterocycles. The van der Waals surface area contributed by atoms with Crippen LogP contribution in [0.15, 0.2) is 4.99 Å².